The molecule has 2 N–H and O–H groups in total. The lowest BCUT2D eigenvalue weighted by molar-refractivity contribution is -0.619. The van der Waals surface area contributed by atoms with Crippen molar-refractivity contribution in [3.8, 4) is 17.2 Å². The monoisotopic (exact) mass is 1600 g/mol. The highest BCUT2D eigenvalue weighted by atomic mass is 127. The molecule has 20 nitrogen and oxygen atoms in total. The summed E-state index contributed by atoms with van der Waals surface area (Å²) in [5, 5.41) is 12.1. The van der Waals surface area contributed by atoms with Crippen molar-refractivity contribution in [1.29, 1.82) is 0 Å². The summed E-state index contributed by atoms with van der Waals surface area (Å²) < 4.78 is 39.5. The molecule has 0 aliphatic carbocycles. The molecule has 0 fully saturated rings. The molecule has 0 saturated heterocycles. The Morgan fingerprint density at radius 3 is 1.25 bits per heavy atom. The Morgan fingerprint density at radius 2 is 0.879 bits per heavy atom. The number of ketones is 1. The van der Waals surface area contributed by atoms with Crippen molar-refractivity contribution < 1.29 is 56.7 Å². The summed E-state index contributed by atoms with van der Waals surface area (Å²) in [5.74, 6) is 3.11. The Bertz CT molecular complexity index is 3910. The van der Waals surface area contributed by atoms with E-state index in [1.54, 1.807) is 81.4 Å². The first-order chi connectivity index (χ1) is 45.6. The minimum Gasteiger partial charge on any atom is -0.618 e. The lowest BCUT2D eigenvalue weighted by Gasteiger charge is -2.21. The number of nitrogens with zero attached hydrogens (tertiary/aromatic N) is 3. The second-order valence-electron chi connectivity index (χ2n) is 26.1. The fourth-order valence-corrected chi connectivity index (χ4v) is 10.6. The van der Waals surface area contributed by atoms with E-state index in [0.29, 0.717) is 58.4 Å². The van der Waals surface area contributed by atoms with E-state index in [4.69, 9.17) is 32.8 Å². The summed E-state index contributed by atoms with van der Waals surface area (Å²) in [7, 11) is 0. The van der Waals surface area contributed by atoms with E-state index < -0.39 is 35.3 Å². The van der Waals surface area contributed by atoms with E-state index in [1.807, 2.05) is 132 Å². The quantitative estimate of drug-likeness (QED) is 0.0379. The van der Waals surface area contributed by atoms with E-state index >= 15 is 0 Å². The first-order valence-electron chi connectivity index (χ1n) is 33.2. The maximum atomic E-state index is 12.1. The van der Waals surface area contributed by atoms with Gasteiger partial charge in [0.05, 0.1) is 24.0 Å². The van der Waals surface area contributed by atoms with Crippen molar-refractivity contribution in [1.82, 2.24) is 19.9 Å². The SMILES string of the molecule is C=Cc1c(C)nc(C)c(CC)c1OC(=O)OC(C)(C)C.C=Cc1c(OC(=O)OC(C)(C)C)c(CC)c(C)[n+]([O-])c1C.CCC(C)=O.CCc1c(C)[nH]c(C)c(I)c1=O.CCc1c(C)[nH]c(C)cc1=O.CCc1c(C)nc(C)c(I)c1OC(=O)OC(C)(C)C.CCc1c(C)oc(C)cc1=O. The van der Waals surface area contributed by atoms with Gasteiger partial charge in [-0.2, -0.15) is 4.73 Å². The minimum absolute atomic E-state index is 0.0914. The highest BCUT2D eigenvalue weighted by Crippen LogP contribution is 2.33. The van der Waals surface area contributed by atoms with Crippen LogP contribution in [0.25, 0.3) is 12.2 Å². The van der Waals surface area contributed by atoms with E-state index in [0.717, 1.165) is 129 Å². The van der Waals surface area contributed by atoms with E-state index in [2.05, 4.69) is 78.3 Å². The highest BCUT2D eigenvalue weighted by molar-refractivity contribution is 14.1. The van der Waals surface area contributed by atoms with Crippen LogP contribution < -0.4 is 35.2 Å². The number of aryl methyl sites for hydroxylation is 10. The maximum Gasteiger partial charge on any atom is 0.514 e. The second kappa shape index (κ2) is 41.9. The standard InChI is InChI=1S/C16H23NO4.C16H23NO3.C14H20INO3.C9H12INO.C9H13NO.C9H12O2.C4H8O/c1-8-12-10(3)17(19)11(4)13(9-2)14(12)20-15(18)21-16(5,6)7;1-8-12-10(3)17-11(4)13(9-2)14(12)19-15(18)20-16(5,6)7;1-7-10-8(2)16-9(3)11(15)12(10)18-13(17)19-14(4,5)6;1-4-7-5(2)11-6(3)8(10)9(7)12;1-4-8-7(3)10-6(2)5-9(8)11;1-4-8-7(3)11-6(2)5-9(8)10;1-3-4(2)5/h8H,1,9H2,2-7H3;8H,1,9H2,2-7H3;7H2,1-6H3;4H2,1-3H3,(H,11,12);5H,4H2,1-3H3,(H,10,11);5H,4H2,1-3H3;3H2,1-2H3. The molecule has 22 heteroatoms. The minimum atomic E-state index is -0.789. The van der Waals surface area contributed by atoms with Gasteiger partial charge in [-0.15, -0.1) is 0 Å². The number of carbonyl (C=O) groups excluding carboxylic acids is 4. The predicted molar refractivity (Wildman–Crippen MR) is 413 cm³/mol. The molecule has 99 heavy (non-hydrogen) atoms. The molecule has 0 unspecified atom stereocenters. The van der Waals surface area contributed by atoms with E-state index in [1.165, 1.54) is 12.1 Å². The van der Waals surface area contributed by atoms with Crippen LogP contribution in [0.2, 0.25) is 0 Å². The van der Waals surface area contributed by atoms with Crippen molar-refractivity contribution in [3.63, 3.8) is 0 Å². The van der Waals surface area contributed by atoms with Crippen molar-refractivity contribution in [2.45, 2.75) is 263 Å². The summed E-state index contributed by atoms with van der Waals surface area (Å²) >= 11 is 4.24. The van der Waals surface area contributed by atoms with E-state index in [-0.39, 0.29) is 22.1 Å². The Balaban J connectivity index is 0.00000117. The summed E-state index contributed by atoms with van der Waals surface area (Å²) in [6, 6.07) is 3.18. The number of halogens is 2. The van der Waals surface area contributed by atoms with Crippen LogP contribution in [0.15, 0.2) is 44.1 Å². The molecule has 0 aliphatic heterocycles. The van der Waals surface area contributed by atoms with Crippen LogP contribution in [0.5, 0.6) is 17.2 Å². The summed E-state index contributed by atoms with van der Waals surface area (Å²) in [6.07, 6.45) is 6.06. The molecule has 6 aromatic heterocycles. The molecule has 0 bridgehead atoms. The number of H-pyrrole nitrogens is 2. The highest BCUT2D eigenvalue weighted by Gasteiger charge is 2.28. The lowest BCUT2D eigenvalue weighted by Crippen LogP contribution is -2.37. The second-order valence-corrected chi connectivity index (χ2v) is 28.2. The van der Waals surface area contributed by atoms with Crippen molar-refractivity contribution >= 4 is 81.6 Å². The number of aromatic amines is 2. The number of hydrogen-bond acceptors (Lipinski definition) is 17. The van der Waals surface area contributed by atoms with Gasteiger partial charge in [-0.1, -0.05) is 73.8 Å². The van der Waals surface area contributed by atoms with Gasteiger partial charge in [0.25, 0.3) is 0 Å². The average molecular weight is 1600 g/mol. The van der Waals surface area contributed by atoms with E-state index in [9.17, 15) is 38.8 Å². The van der Waals surface area contributed by atoms with Gasteiger partial charge in [0.1, 0.15) is 39.9 Å². The maximum absolute atomic E-state index is 12.1. The van der Waals surface area contributed by atoms with Crippen LogP contribution in [0, 0.1) is 95.4 Å². The van der Waals surface area contributed by atoms with Gasteiger partial charge in [0.2, 0.25) is 5.69 Å². The Kier molecular flexibility index (Phi) is 38.8. The first kappa shape index (κ1) is 91.5. The van der Waals surface area contributed by atoms with Gasteiger partial charge in [0.15, 0.2) is 33.5 Å². The molecule has 0 radical (unpaired) electrons. The molecule has 548 valence electrons. The van der Waals surface area contributed by atoms with Crippen molar-refractivity contribution in [3.05, 3.63) is 181 Å². The molecule has 6 rings (SSSR count). The predicted octanol–water partition coefficient (Wildman–Crippen LogP) is 18.4. The topological polar surface area (TPSA) is 272 Å². The number of hydrogen-bond donors (Lipinski definition) is 2. The smallest absolute Gasteiger partial charge is 0.514 e. The fraction of sp³-hybridized carbons (Fsp3) is 0.506. The summed E-state index contributed by atoms with van der Waals surface area (Å²) in [6.45, 7) is 61.1. The van der Waals surface area contributed by atoms with Crippen LogP contribution in [-0.2, 0) is 57.5 Å². The number of nitrogens with one attached hydrogen (secondary N) is 2. The number of Topliss-reactive ketones (excluding diaryl/α,β-unsaturated/α-hetero) is 1. The Morgan fingerprint density at radius 1 is 0.505 bits per heavy atom. The lowest BCUT2D eigenvalue weighted by atomic mass is 10.0. The largest absolute Gasteiger partial charge is 0.618 e. The number of pyridine rings is 5. The summed E-state index contributed by atoms with van der Waals surface area (Å²) in [5.41, 5.74) is 13.2. The number of carbonyl (C=O) groups is 4. The van der Waals surface area contributed by atoms with Crippen LogP contribution >= 0.6 is 45.2 Å². The molecule has 0 saturated carbocycles. The molecular weight excluding hydrogens is 1490 g/mol. The molecule has 0 spiro atoms. The zero-order valence-electron chi connectivity index (χ0n) is 64.4. The van der Waals surface area contributed by atoms with Gasteiger partial charge >= 0.3 is 18.5 Å². The molecule has 6 heterocycles. The fourth-order valence-electron chi connectivity index (χ4n) is 9.63. The third-order valence-corrected chi connectivity index (χ3v) is 17.0. The van der Waals surface area contributed by atoms with Gasteiger partial charge in [-0.3, -0.25) is 24.4 Å². The zero-order valence-corrected chi connectivity index (χ0v) is 68.7. The zero-order chi connectivity index (χ0) is 77.1. The number of rotatable bonds is 12. The van der Waals surface area contributed by atoms with Crippen LogP contribution in [0.3, 0.4) is 0 Å². The molecular formula is C77H111I2N5O15. The van der Waals surface area contributed by atoms with Crippen LogP contribution in [-0.4, -0.2) is 61.0 Å². The number of ether oxygens (including phenoxy) is 6. The normalized spacial score (nSPS) is 10.7. The average Bonchev–Trinajstić information content (AvgIpc) is 0.804. The van der Waals surface area contributed by atoms with Crippen LogP contribution in [0.1, 0.15) is 237 Å². The Hall–Kier alpha value is -7.48. The third kappa shape index (κ3) is 30.1. The van der Waals surface area contributed by atoms with Gasteiger partial charge in [-0.05, 0) is 222 Å². The molecule has 0 aromatic carbocycles. The summed E-state index contributed by atoms with van der Waals surface area (Å²) in [4.78, 5) is 94.8. The third-order valence-electron chi connectivity index (χ3n) is 14.4. The molecule has 0 amide bonds. The molecule has 0 atom stereocenters. The number of aromatic nitrogens is 5. The van der Waals surface area contributed by atoms with Gasteiger partial charge in [-0.25, -0.2) is 14.4 Å². The Labute approximate surface area is 615 Å². The molecule has 0 aliphatic rings. The van der Waals surface area contributed by atoms with Crippen LogP contribution in [0.4, 0.5) is 14.4 Å². The van der Waals surface area contributed by atoms with Gasteiger partial charge in [0, 0.05) is 106 Å². The van der Waals surface area contributed by atoms with Crippen molar-refractivity contribution in [2.24, 2.45) is 0 Å². The first-order valence-corrected chi connectivity index (χ1v) is 35.3. The molecule has 6 aromatic rings. The van der Waals surface area contributed by atoms with Gasteiger partial charge < -0.3 is 52.8 Å². The van der Waals surface area contributed by atoms with Crippen molar-refractivity contribution in [2.75, 3.05) is 0 Å².